The molecule has 4 heteroatoms. The van der Waals surface area contributed by atoms with E-state index in [9.17, 15) is 4.79 Å². The van der Waals surface area contributed by atoms with Gasteiger partial charge in [-0.3, -0.25) is 4.79 Å². The average molecular weight is 188 g/mol. The summed E-state index contributed by atoms with van der Waals surface area (Å²) in [6.45, 7) is 1.93. The number of hydrogen-bond donors (Lipinski definition) is 2. The molecular formula is C8H16N2OS. The van der Waals surface area contributed by atoms with Crippen LogP contribution >= 0.6 is 12.6 Å². The number of nitrogens with one attached hydrogen (secondary N) is 1. The fraction of sp³-hybridized carbons (Fsp3) is 0.875. The second-order valence-corrected chi connectivity index (χ2v) is 3.56. The predicted octanol–water partition coefficient (Wildman–Crippen LogP) is 0.127. The maximum Gasteiger partial charge on any atom is 0.229 e. The highest BCUT2D eigenvalue weighted by molar-refractivity contribution is 7.81. The molecule has 1 rings (SSSR count). The Balaban J connectivity index is 2.18. The van der Waals surface area contributed by atoms with Crippen LogP contribution in [-0.4, -0.2) is 42.7 Å². The molecule has 1 heterocycles. The highest BCUT2D eigenvalue weighted by Gasteiger charge is 2.20. The zero-order valence-electron chi connectivity index (χ0n) is 7.42. The van der Waals surface area contributed by atoms with E-state index in [1.165, 1.54) is 12.8 Å². The number of amides is 1. The molecule has 1 N–H and O–H groups in total. The molecule has 1 unspecified atom stereocenters. The van der Waals surface area contributed by atoms with Crippen LogP contribution in [0, 0.1) is 0 Å². The Kier molecular flexibility index (Phi) is 3.88. The molecule has 0 aliphatic carbocycles. The summed E-state index contributed by atoms with van der Waals surface area (Å²) in [5, 5.41) is 2.85. The first-order valence-electron chi connectivity index (χ1n) is 4.32. The Morgan fingerprint density at radius 3 is 3.00 bits per heavy atom. The van der Waals surface area contributed by atoms with Crippen LogP contribution in [0.25, 0.3) is 0 Å². The lowest BCUT2D eigenvalue weighted by Crippen LogP contribution is -2.38. The van der Waals surface area contributed by atoms with E-state index in [1.807, 2.05) is 0 Å². The second-order valence-electron chi connectivity index (χ2n) is 3.24. The van der Waals surface area contributed by atoms with Gasteiger partial charge >= 0.3 is 0 Å². The minimum atomic E-state index is 0.0265. The predicted molar refractivity (Wildman–Crippen MR) is 52.5 cm³/mol. The van der Waals surface area contributed by atoms with Gasteiger partial charge in [0.25, 0.3) is 0 Å². The fourth-order valence-electron chi connectivity index (χ4n) is 1.52. The van der Waals surface area contributed by atoms with Crippen molar-refractivity contribution in [3.05, 3.63) is 0 Å². The number of nitrogens with zero attached hydrogens (tertiary/aromatic N) is 1. The molecule has 1 fully saturated rings. The number of rotatable bonds is 3. The number of carbonyl (C=O) groups is 1. The van der Waals surface area contributed by atoms with E-state index in [-0.39, 0.29) is 11.7 Å². The minimum Gasteiger partial charge on any atom is -0.354 e. The SMILES string of the molecule is CN1CCCC1CNC(=O)CS. The lowest BCUT2D eigenvalue weighted by Gasteiger charge is -2.19. The minimum absolute atomic E-state index is 0.0265. The van der Waals surface area contributed by atoms with Gasteiger partial charge in [-0.2, -0.15) is 12.6 Å². The summed E-state index contributed by atoms with van der Waals surface area (Å²) < 4.78 is 0. The third-order valence-electron chi connectivity index (χ3n) is 2.35. The summed E-state index contributed by atoms with van der Waals surface area (Å²) in [6, 6.07) is 0.536. The van der Waals surface area contributed by atoms with Gasteiger partial charge in [0.1, 0.15) is 0 Å². The zero-order chi connectivity index (χ0) is 8.97. The monoisotopic (exact) mass is 188 g/mol. The number of hydrogen-bond acceptors (Lipinski definition) is 3. The quantitative estimate of drug-likeness (QED) is 0.617. The largest absolute Gasteiger partial charge is 0.354 e. The molecule has 0 spiro atoms. The molecule has 1 atom stereocenters. The molecule has 1 aliphatic heterocycles. The van der Waals surface area contributed by atoms with Crippen LogP contribution in [0.1, 0.15) is 12.8 Å². The summed E-state index contributed by atoms with van der Waals surface area (Å²) >= 11 is 3.89. The van der Waals surface area contributed by atoms with E-state index in [1.54, 1.807) is 0 Å². The van der Waals surface area contributed by atoms with Gasteiger partial charge in [0.05, 0.1) is 5.75 Å². The van der Waals surface area contributed by atoms with Gasteiger partial charge in [-0.15, -0.1) is 0 Å². The van der Waals surface area contributed by atoms with Crippen molar-refractivity contribution in [1.29, 1.82) is 0 Å². The van der Waals surface area contributed by atoms with Crippen LogP contribution in [0.15, 0.2) is 0 Å². The van der Waals surface area contributed by atoms with Gasteiger partial charge in [-0.25, -0.2) is 0 Å². The topological polar surface area (TPSA) is 32.3 Å². The molecule has 3 nitrogen and oxygen atoms in total. The second kappa shape index (κ2) is 4.72. The van der Waals surface area contributed by atoms with Crippen molar-refractivity contribution in [1.82, 2.24) is 10.2 Å². The first-order chi connectivity index (χ1) is 5.74. The first kappa shape index (κ1) is 9.86. The third kappa shape index (κ3) is 2.68. The Morgan fingerprint density at radius 1 is 1.75 bits per heavy atom. The molecular weight excluding hydrogens is 172 g/mol. The molecule has 0 aromatic heterocycles. The van der Waals surface area contributed by atoms with E-state index >= 15 is 0 Å². The maximum absolute atomic E-state index is 10.9. The Labute approximate surface area is 78.9 Å². The van der Waals surface area contributed by atoms with Crippen molar-refractivity contribution in [2.75, 3.05) is 25.9 Å². The van der Waals surface area contributed by atoms with E-state index in [4.69, 9.17) is 0 Å². The lowest BCUT2D eigenvalue weighted by atomic mass is 10.2. The van der Waals surface area contributed by atoms with Crippen molar-refractivity contribution in [3.8, 4) is 0 Å². The van der Waals surface area contributed by atoms with Crippen LogP contribution in [-0.2, 0) is 4.79 Å². The highest BCUT2D eigenvalue weighted by Crippen LogP contribution is 2.13. The molecule has 1 aliphatic rings. The summed E-state index contributed by atoms with van der Waals surface area (Å²) in [7, 11) is 2.10. The smallest absolute Gasteiger partial charge is 0.229 e. The molecule has 0 aromatic carbocycles. The van der Waals surface area contributed by atoms with Crippen molar-refractivity contribution < 1.29 is 4.79 Å². The number of carbonyl (C=O) groups excluding carboxylic acids is 1. The summed E-state index contributed by atoms with van der Waals surface area (Å²) in [5.74, 6) is 0.315. The van der Waals surface area contributed by atoms with Gasteiger partial charge in [0, 0.05) is 12.6 Å². The Morgan fingerprint density at radius 2 is 2.50 bits per heavy atom. The van der Waals surface area contributed by atoms with Crippen LogP contribution in [0.4, 0.5) is 0 Å². The van der Waals surface area contributed by atoms with Crippen LogP contribution in [0.2, 0.25) is 0 Å². The highest BCUT2D eigenvalue weighted by atomic mass is 32.1. The van der Waals surface area contributed by atoms with Gasteiger partial charge in [-0.1, -0.05) is 0 Å². The van der Waals surface area contributed by atoms with Gasteiger partial charge in [-0.05, 0) is 26.4 Å². The number of likely N-dealkylation sites (tertiary alicyclic amines) is 1. The first-order valence-corrected chi connectivity index (χ1v) is 4.95. The zero-order valence-corrected chi connectivity index (χ0v) is 8.31. The van der Waals surface area contributed by atoms with Crippen LogP contribution in [0.3, 0.4) is 0 Å². The van der Waals surface area contributed by atoms with Crippen molar-refractivity contribution >= 4 is 18.5 Å². The van der Waals surface area contributed by atoms with E-state index in [0.717, 1.165) is 13.1 Å². The molecule has 0 radical (unpaired) electrons. The van der Waals surface area contributed by atoms with Crippen LogP contribution in [0.5, 0.6) is 0 Å². The molecule has 0 bridgehead atoms. The summed E-state index contributed by atoms with van der Waals surface area (Å²) in [6.07, 6.45) is 2.45. The third-order valence-corrected chi connectivity index (χ3v) is 2.64. The maximum atomic E-state index is 10.9. The molecule has 1 amide bonds. The van der Waals surface area contributed by atoms with Gasteiger partial charge in [0.2, 0.25) is 5.91 Å². The molecule has 0 saturated carbocycles. The standard InChI is InChI=1S/C8H16N2OS/c1-10-4-2-3-7(10)5-9-8(11)6-12/h7,12H,2-6H2,1H3,(H,9,11). The Hall–Kier alpha value is -0.220. The molecule has 70 valence electrons. The molecule has 0 aromatic rings. The van der Waals surface area contributed by atoms with Gasteiger partial charge in [0.15, 0.2) is 0 Å². The van der Waals surface area contributed by atoms with Crippen LogP contribution < -0.4 is 5.32 Å². The van der Waals surface area contributed by atoms with Crippen molar-refractivity contribution in [2.45, 2.75) is 18.9 Å². The average Bonchev–Trinajstić information content (AvgIpc) is 2.47. The van der Waals surface area contributed by atoms with E-state index in [0.29, 0.717) is 6.04 Å². The van der Waals surface area contributed by atoms with E-state index < -0.39 is 0 Å². The normalized spacial score (nSPS) is 24.3. The lowest BCUT2D eigenvalue weighted by molar-refractivity contribution is -0.118. The van der Waals surface area contributed by atoms with Crippen molar-refractivity contribution in [3.63, 3.8) is 0 Å². The molecule has 1 saturated heterocycles. The molecule has 12 heavy (non-hydrogen) atoms. The summed E-state index contributed by atoms with van der Waals surface area (Å²) in [5.41, 5.74) is 0. The van der Waals surface area contributed by atoms with Gasteiger partial charge < -0.3 is 10.2 Å². The number of likely N-dealkylation sites (N-methyl/N-ethyl adjacent to an activating group) is 1. The van der Waals surface area contributed by atoms with E-state index in [2.05, 4.69) is 29.9 Å². The Bertz CT molecular complexity index is 163. The number of thiol groups is 1. The fourth-order valence-corrected chi connectivity index (χ4v) is 1.64. The van der Waals surface area contributed by atoms with Crippen molar-refractivity contribution in [2.24, 2.45) is 0 Å². The summed E-state index contributed by atoms with van der Waals surface area (Å²) in [4.78, 5) is 13.2.